The number of nitrogens with two attached hydrogens (primary N) is 1. The monoisotopic (exact) mass is 409 g/mol. The van der Waals surface area contributed by atoms with Crippen molar-refractivity contribution in [1.82, 2.24) is 10.3 Å². The number of pyridine rings is 1. The highest BCUT2D eigenvalue weighted by molar-refractivity contribution is 6.10. The molecule has 4 N–H and O–H groups in total. The molecule has 0 bridgehead atoms. The lowest BCUT2D eigenvalue weighted by molar-refractivity contribution is -0.130. The largest absolute Gasteiger partial charge is 0.487 e. The molecular formula is C22H23N3O5. The zero-order valence-electron chi connectivity index (χ0n) is 16.6. The third kappa shape index (κ3) is 3.19. The number of carbonyl (C=O) groups excluding carboxylic acids is 2. The van der Waals surface area contributed by atoms with Gasteiger partial charge in [0.1, 0.15) is 29.1 Å². The van der Waals surface area contributed by atoms with Gasteiger partial charge in [0.25, 0.3) is 5.91 Å². The Balaban J connectivity index is 1.95. The van der Waals surface area contributed by atoms with Gasteiger partial charge < -0.3 is 25.3 Å². The second kappa shape index (κ2) is 7.79. The van der Waals surface area contributed by atoms with Crippen molar-refractivity contribution >= 4 is 22.8 Å². The number of aliphatic hydroxyl groups is 1. The minimum absolute atomic E-state index is 0.158. The average molecular weight is 409 g/mol. The molecule has 4 rings (SSSR count). The van der Waals surface area contributed by atoms with Gasteiger partial charge in [-0.15, -0.1) is 0 Å². The number of ether oxygens (including phenoxy) is 1. The van der Waals surface area contributed by atoms with Crippen molar-refractivity contribution < 1.29 is 23.8 Å². The number of fused-ring (bicyclic) bond motifs is 1. The zero-order chi connectivity index (χ0) is 21.3. The predicted molar refractivity (Wildman–Crippen MR) is 109 cm³/mol. The molecule has 2 amide bonds. The highest BCUT2D eigenvalue weighted by atomic mass is 16.5. The second-order valence-corrected chi connectivity index (χ2v) is 7.42. The van der Waals surface area contributed by atoms with Gasteiger partial charge in [0.05, 0.1) is 17.9 Å². The Labute approximate surface area is 173 Å². The Morgan fingerprint density at radius 2 is 2.20 bits per heavy atom. The van der Waals surface area contributed by atoms with E-state index in [4.69, 9.17) is 14.9 Å². The number of benzene rings is 1. The summed E-state index contributed by atoms with van der Waals surface area (Å²) < 4.78 is 11.8. The molecular weight excluding hydrogens is 386 g/mol. The summed E-state index contributed by atoms with van der Waals surface area (Å²) in [6.07, 6.45) is 2.74. The molecule has 1 aliphatic rings. The fourth-order valence-corrected chi connectivity index (χ4v) is 4.16. The first-order chi connectivity index (χ1) is 14.5. The Hall–Kier alpha value is -3.39. The van der Waals surface area contributed by atoms with Gasteiger partial charge in [0, 0.05) is 23.7 Å². The molecule has 0 radical (unpaired) electrons. The van der Waals surface area contributed by atoms with Gasteiger partial charge in [-0.05, 0) is 44.0 Å². The molecule has 3 heterocycles. The quantitative estimate of drug-likeness (QED) is 0.571. The van der Waals surface area contributed by atoms with E-state index in [1.807, 2.05) is 18.2 Å². The number of rotatable bonds is 6. The highest BCUT2D eigenvalue weighted by Gasteiger charge is 2.46. The summed E-state index contributed by atoms with van der Waals surface area (Å²) in [5.41, 5.74) is 6.08. The third-order valence-electron chi connectivity index (χ3n) is 5.59. The molecule has 30 heavy (non-hydrogen) atoms. The molecule has 8 heteroatoms. The molecule has 1 saturated heterocycles. The Morgan fingerprint density at radius 1 is 1.37 bits per heavy atom. The van der Waals surface area contributed by atoms with Crippen LogP contribution in [0, 0.1) is 6.92 Å². The molecule has 1 aromatic carbocycles. The third-order valence-corrected chi connectivity index (χ3v) is 5.59. The molecule has 1 aliphatic heterocycles. The van der Waals surface area contributed by atoms with Crippen molar-refractivity contribution in [2.75, 3.05) is 13.2 Å². The van der Waals surface area contributed by atoms with Crippen molar-refractivity contribution in [3.05, 3.63) is 59.1 Å². The first kappa shape index (κ1) is 19.9. The number of hydrogen-bond acceptors (Lipinski definition) is 6. The van der Waals surface area contributed by atoms with E-state index >= 15 is 0 Å². The number of aromatic nitrogens is 1. The first-order valence-electron chi connectivity index (χ1n) is 9.76. The molecule has 0 aliphatic carbocycles. The number of aryl methyl sites for hydroxylation is 1. The number of nitrogens with one attached hydrogen (secondary N) is 1. The van der Waals surface area contributed by atoms with Crippen molar-refractivity contribution in [3.63, 3.8) is 0 Å². The van der Waals surface area contributed by atoms with Crippen LogP contribution in [0.3, 0.4) is 0 Å². The number of primary amides is 1. The molecule has 8 nitrogen and oxygen atoms in total. The number of hydrogen-bond donors (Lipinski definition) is 3. The predicted octanol–water partition coefficient (Wildman–Crippen LogP) is 1.95. The number of nitrogens with zero attached hydrogens (tertiary/aromatic N) is 1. The number of aliphatic hydroxyl groups excluding tert-OH is 1. The van der Waals surface area contributed by atoms with Crippen LogP contribution < -0.4 is 15.8 Å². The lowest BCUT2D eigenvalue weighted by atomic mass is 9.72. The summed E-state index contributed by atoms with van der Waals surface area (Å²) >= 11 is 0. The second-order valence-electron chi connectivity index (χ2n) is 7.42. The standard InChI is InChI=1S/C22H23N3O5/c1-13-17(20(23)27)18-15(30-13)6-7-16(29-11-14-5-2-3-9-24-14)19(18)22(12-26)8-4-10-25-21(22)28/h2-3,5-7,9,26H,4,8,10-12H2,1H3,(H2,23,27)(H,25,28). The van der Waals surface area contributed by atoms with Crippen molar-refractivity contribution in [1.29, 1.82) is 0 Å². The fourth-order valence-electron chi connectivity index (χ4n) is 4.16. The number of carbonyl (C=O) groups is 2. The van der Waals surface area contributed by atoms with Gasteiger partial charge >= 0.3 is 0 Å². The molecule has 3 aromatic rings. The highest BCUT2D eigenvalue weighted by Crippen LogP contribution is 2.45. The van der Waals surface area contributed by atoms with Gasteiger partial charge in [0.15, 0.2) is 0 Å². The van der Waals surface area contributed by atoms with Crippen LogP contribution in [0.4, 0.5) is 0 Å². The SMILES string of the molecule is Cc1oc2ccc(OCc3ccccn3)c(C3(CO)CCCNC3=O)c2c1C(N)=O. The van der Waals surface area contributed by atoms with Crippen LogP contribution in [0.25, 0.3) is 11.0 Å². The van der Waals surface area contributed by atoms with Crippen LogP contribution >= 0.6 is 0 Å². The van der Waals surface area contributed by atoms with Gasteiger partial charge in [-0.3, -0.25) is 14.6 Å². The summed E-state index contributed by atoms with van der Waals surface area (Å²) in [6, 6.07) is 8.85. The molecule has 1 atom stereocenters. The summed E-state index contributed by atoms with van der Waals surface area (Å²) in [4.78, 5) is 29.5. The lowest BCUT2D eigenvalue weighted by Gasteiger charge is -2.36. The summed E-state index contributed by atoms with van der Waals surface area (Å²) in [6.45, 7) is 1.88. The van der Waals surface area contributed by atoms with E-state index in [1.165, 1.54) is 0 Å². The molecule has 2 aromatic heterocycles. The summed E-state index contributed by atoms with van der Waals surface area (Å²) in [7, 11) is 0. The van der Waals surface area contributed by atoms with Gasteiger partial charge in [-0.2, -0.15) is 0 Å². The maximum atomic E-state index is 13.0. The molecule has 1 unspecified atom stereocenters. The summed E-state index contributed by atoms with van der Waals surface area (Å²) in [5.74, 6) is -0.258. The minimum Gasteiger partial charge on any atom is -0.487 e. The van der Waals surface area contributed by atoms with Crippen molar-refractivity contribution in [2.24, 2.45) is 5.73 Å². The van der Waals surface area contributed by atoms with Crippen molar-refractivity contribution in [2.45, 2.75) is 31.8 Å². The maximum absolute atomic E-state index is 13.0. The van der Waals surface area contributed by atoms with Crippen LogP contribution in [0.5, 0.6) is 5.75 Å². The smallest absolute Gasteiger partial charge is 0.252 e. The van der Waals surface area contributed by atoms with E-state index in [9.17, 15) is 14.7 Å². The van der Waals surface area contributed by atoms with E-state index in [2.05, 4.69) is 10.3 Å². The molecule has 0 spiro atoms. The molecule has 156 valence electrons. The van der Waals surface area contributed by atoms with Gasteiger partial charge in [-0.25, -0.2) is 0 Å². The van der Waals surface area contributed by atoms with Crippen LogP contribution in [0.15, 0.2) is 40.9 Å². The molecule has 1 fully saturated rings. The van der Waals surface area contributed by atoms with Crippen LogP contribution in [-0.4, -0.2) is 35.1 Å². The van der Waals surface area contributed by atoms with E-state index in [-0.39, 0.29) is 18.1 Å². The number of piperidine rings is 1. The van der Waals surface area contributed by atoms with E-state index in [0.717, 1.165) is 0 Å². The van der Waals surface area contributed by atoms with E-state index < -0.39 is 17.9 Å². The maximum Gasteiger partial charge on any atom is 0.252 e. The normalized spacial score (nSPS) is 18.9. The number of amides is 2. The van der Waals surface area contributed by atoms with Crippen LogP contribution in [-0.2, 0) is 16.8 Å². The molecule has 0 saturated carbocycles. The van der Waals surface area contributed by atoms with Crippen LogP contribution in [0.1, 0.15) is 40.2 Å². The van der Waals surface area contributed by atoms with Gasteiger partial charge in [-0.1, -0.05) is 6.07 Å². The summed E-state index contributed by atoms with van der Waals surface area (Å²) in [5, 5.41) is 13.6. The van der Waals surface area contributed by atoms with Crippen LogP contribution in [0.2, 0.25) is 0 Å². The van der Waals surface area contributed by atoms with E-state index in [0.29, 0.717) is 53.1 Å². The average Bonchev–Trinajstić information content (AvgIpc) is 3.09. The number of furan rings is 1. The fraction of sp³-hybridized carbons (Fsp3) is 0.318. The lowest BCUT2D eigenvalue weighted by Crippen LogP contribution is -2.51. The Bertz CT molecular complexity index is 1110. The van der Waals surface area contributed by atoms with E-state index in [1.54, 1.807) is 25.3 Å². The zero-order valence-corrected chi connectivity index (χ0v) is 16.6. The Morgan fingerprint density at radius 3 is 2.87 bits per heavy atom. The first-order valence-corrected chi connectivity index (χ1v) is 9.76. The van der Waals surface area contributed by atoms with Crippen molar-refractivity contribution in [3.8, 4) is 5.75 Å². The Kier molecular flexibility index (Phi) is 5.17. The topological polar surface area (TPSA) is 128 Å². The van der Waals surface area contributed by atoms with Gasteiger partial charge in [0.2, 0.25) is 5.91 Å². The minimum atomic E-state index is -1.28.